The van der Waals surface area contributed by atoms with Crippen LogP contribution in [-0.4, -0.2) is 45.4 Å². The van der Waals surface area contributed by atoms with Gasteiger partial charge in [-0.05, 0) is 38.0 Å². The van der Waals surface area contributed by atoms with Gasteiger partial charge in [-0.1, -0.05) is 0 Å². The van der Waals surface area contributed by atoms with Gasteiger partial charge in [0.2, 0.25) is 10.0 Å². The fourth-order valence-electron chi connectivity index (χ4n) is 2.55. The molecule has 23 heavy (non-hydrogen) atoms. The lowest BCUT2D eigenvalue weighted by atomic mass is 10.1. The van der Waals surface area contributed by atoms with Crippen molar-refractivity contribution in [1.29, 1.82) is 5.26 Å². The van der Waals surface area contributed by atoms with Gasteiger partial charge >= 0.3 is 0 Å². The maximum atomic E-state index is 12.7. The van der Waals surface area contributed by atoms with E-state index in [1.165, 1.54) is 18.2 Å². The number of hydrogen-bond acceptors (Lipinski definition) is 6. The Labute approximate surface area is 136 Å². The van der Waals surface area contributed by atoms with Gasteiger partial charge < -0.3 is 15.2 Å². The summed E-state index contributed by atoms with van der Waals surface area (Å²) in [7, 11) is -3.73. The molecule has 8 heteroatoms. The Bertz CT molecular complexity index is 684. The number of hydrogen-bond donors (Lipinski definition) is 3. The van der Waals surface area contributed by atoms with Gasteiger partial charge in [0, 0.05) is 19.2 Å². The Morgan fingerprint density at radius 2 is 2.26 bits per heavy atom. The fraction of sp³-hybridized carbons (Fsp3) is 0.533. The summed E-state index contributed by atoms with van der Waals surface area (Å²) in [5.41, 5.74) is 0.662. The van der Waals surface area contributed by atoms with Crippen LogP contribution in [0.2, 0.25) is 0 Å². The van der Waals surface area contributed by atoms with Crippen LogP contribution in [0.4, 0.5) is 5.69 Å². The average molecular weight is 339 g/mol. The number of nitriles is 1. The van der Waals surface area contributed by atoms with Gasteiger partial charge in [-0.3, -0.25) is 0 Å². The number of aliphatic hydroxyl groups is 1. The predicted octanol–water partition coefficient (Wildman–Crippen LogP) is 0.808. The van der Waals surface area contributed by atoms with E-state index in [0.29, 0.717) is 30.7 Å². The van der Waals surface area contributed by atoms with Crippen LogP contribution in [0.1, 0.15) is 25.3 Å². The Morgan fingerprint density at radius 1 is 1.48 bits per heavy atom. The second-order valence-electron chi connectivity index (χ2n) is 5.50. The maximum absolute atomic E-state index is 12.7. The molecular weight excluding hydrogens is 318 g/mol. The lowest BCUT2D eigenvalue weighted by molar-refractivity contribution is 0.0173. The quantitative estimate of drug-likeness (QED) is 0.707. The van der Waals surface area contributed by atoms with Gasteiger partial charge in [-0.25, -0.2) is 13.1 Å². The fourth-order valence-corrected chi connectivity index (χ4v) is 4.00. The van der Waals surface area contributed by atoms with E-state index in [1.807, 2.05) is 13.0 Å². The maximum Gasteiger partial charge on any atom is 0.242 e. The molecule has 7 nitrogen and oxygen atoms in total. The summed E-state index contributed by atoms with van der Waals surface area (Å²) in [5, 5.41) is 20.7. The van der Waals surface area contributed by atoms with Crippen molar-refractivity contribution < 1.29 is 18.3 Å². The minimum atomic E-state index is -3.73. The number of aliphatic hydroxyl groups excluding tert-OH is 1. The summed E-state index contributed by atoms with van der Waals surface area (Å²) in [4.78, 5) is 0.0732. The summed E-state index contributed by atoms with van der Waals surface area (Å²) in [5.74, 6) is 0. The van der Waals surface area contributed by atoms with Crippen molar-refractivity contribution in [1.82, 2.24) is 4.72 Å². The zero-order valence-corrected chi connectivity index (χ0v) is 13.8. The van der Waals surface area contributed by atoms with E-state index in [2.05, 4.69) is 10.0 Å². The monoisotopic (exact) mass is 339 g/mol. The summed E-state index contributed by atoms with van der Waals surface area (Å²) in [6.45, 7) is 2.50. The molecule has 0 radical (unpaired) electrons. The molecule has 1 heterocycles. The summed E-state index contributed by atoms with van der Waals surface area (Å²) >= 11 is 0. The Kier molecular flexibility index (Phi) is 5.96. The molecule has 1 fully saturated rings. The molecule has 1 aliphatic rings. The Balaban J connectivity index is 2.25. The molecule has 0 aromatic heterocycles. The first kappa shape index (κ1) is 17.7. The van der Waals surface area contributed by atoms with E-state index in [4.69, 9.17) is 15.1 Å². The molecular formula is C15H21N3O4S. The number of nitrogens with one attached hydrogen (secondary N) is 2. The van der Waals surface area contributed by atoms with Crippen molar-refractivity contribution in [2.75, 3.05) is 25.1 Å². The van der Waals surface area contributed by atoms with E-state index in [-0.39, 0.29) is 30.2 Å². The molecule has 2 rings (SSSR count). The highest BCUT2D eigenvalue weighted by molar-refractivity contribution is 7.89. The first-order chi connectivity index (χ1) is 11.0. The molecule has 126 valence electrons. The average Bonchev–Trinajstić information content (AvgIpc) is 2.52. The van der Waals surface area contributed by atoms with Gasteiger partial charge in [0.25, 0.3) is 0 Å². The van der Waals surface area contributed by atoms with Crippen molar-refractivity contribution in [3.05, 3.63) is 23.8 Å². The molecule has 0 saturated carbocycles. The highest BCUT2D eigenvalue weighted by Crippen LogP contribution is 2.24. The third kappa shape index (κ3) is 4.65. The van der Waals surface area contributed by atoms with Crippen molar-refractivity contribution in [2.45, 2.75) is 36.8 Å². The van der Waals surface area contributed by atoms with Crippen LogP contribution >= 0.6 is 0 Å². The highest BCUT2D eigenvalue weighted by atomic mass is 32.2. The zero-order chi connectivity index (χ0) is 16.9. The minimum Gasteiger partial charge on any atom is -0.395 e. The number of rotatable bonds is 6. The largest absolute Gasteiger partial charge is 0.395 e. The minimum absolute atomic E-state index is 0.0180. The SMILES string of the molecule is CC1CC(NS(=O)(=O)c2ccc(C#N)cc2NCCO)CCO1. The Morgan fingerprint density at radius 3 is 2.91 bits per heavy atom. The van der Waals surface area contributed by atoms with Crippen LogP contribution in [0.3, 0.4) is 0 Å². The molecule has 0 bridgehead atoms. The molecule has 1 aliphatic heterocycles. The topological polar surface area (TPSA) is 111 Å². The lowest BCUT2D eigenvalue weighted by Gasteiger charge is -2.28. The summed E-state index contributed by atoms with van der Waals surface area (Å²) < 4.78 is 33.4. The van der Waals surface area contributed by atoms with E-state index >= 15 is 0 Å². The van der Waals surface area contributed by atoms with Crippen LogP contribution < -0.4 is 10.0 Å². The summed E-state index contributed by atoms with van der Waals surface area (Å²) in [6, 6.07) is 6.14. The first-order valence-electron chi connectivity index (χ1n) is 7.49. The zero-order valence-electron chi connectivity index (χ0n) is 12.9. The third-order valence-electron chi connectivity index (χ3n) is 3.63. The second kappa shape index (κ2) is 7.75. The van der Waals surface area contributed by atoms with E-state index in [9.17, 15) is 8.42 Å². The van der Waals surface area contributed by atoms with Crippen LogP contribution in [0.15, 0.2) is 23.1 Å². The lowest BCUT2D eigenvalue weighted by Crippen LogP contribution is -2.41. The Hall–Kier alpha value is -1.66. The number of benzene rings is 1. The molecule has 1 aromatic rings. The standard InChI is InChI=1S/C15H21N3O4S/c1-11-8-13(4-7-22-11)18-23(20,21)15-3-2-12(10-16)9-14(15)17-5-6-19/h2-3,9,11,13,17-19H,4-8H2,1H3. The van der Waals surface area contributed by atoms with Crippen molar-refractivity contribution >= 4 is 15.7 Å². The normalized spacial score (nSPS) is 21.6. The second-order valence-corrected chi connectivity index (χ2v) is 7.18. The van der Waals surface area contributed by atoms with E-state index < -0.39 is 10.0 Å². The van der Waals surface area contributed by atoms with Gasteiger partial charge in [0.15, 0.2) is 0 Å². The molecule has 1 saturated heterocycles. The molecule has 2 unspecified atom stereocenters. The van der Waals surface area contributed by atoms with Crippen molar-refractivity contribution in [2.24, 2.45) is 0 Å². The predicted molar refractivity (Wildman–Crippen MR) is 85.5 cm³/mol. The number of ether oxygens (including phenoxy) is 1. The molecule has 1 aromatic carbocycles. The smallest absolute Gasteiger partial charge is 0.242 e. The highest BCUT2D eigenvalue weighted by Gasteiger charge is 2.26. The number of nitrogens with zero attached hydrogens (tertiary/aromatic N) is 1. The molecule has 2 atom stereocenters. The number of sulfonamides is 1. The van der Waals surface area contributed by atoms with Gasteiger partial charge in [-0.2, -0.15) is 5.26 Å². The summed E-state index contributed by atoms with van der Waals surface area (Å²) in [6.07, 6.45) is 1.26. The van der Waals surface area contributed by atoms with Crippen molar-refractivity contribution in [3.63, 3.8) is 0 Å². The third-order valence-corrected chi connectivity index (χ3v) is 5.21. The van der Waals surface area contributed by atoms with E-state index in [0.717, 1.165) is 0 Å². The van der Waals surface area contributed by atoms with Gasteiger partial charge in [0.05, 0.1) is 30.0 Å². The van der Waals surface area contributed by atoms with Gasteiger partial charge in [0.1, 0.15) is 4.90 Å². The van der Waals surface area contributed by atoms with Gasteiger partial charge in [-0.15, -0.1) is 0 Å². The molecule has 0 spiro atoms. The van der Waals surface area contributed by atoms with E-state index in [1.54, 1.807) is 0 Å². The van der Waals surface area contributed by atoms with Crippen LogP contribution in [-0.2, 0) is 14.8 Å². The molecule has 0 aliphatic carbocycles. The molecule has 3 N–H and O–H groups in total. The first-order valence-corrected chi connectivity index (χ1v) is 8.97. The van der Waals surface area contributed by atoms with Crippen molar-refractivity contribution in [3.8, 4) is 6.07 Å². The van der Waals surface area contributed by atoms with Crippen LogP contribution in [0.25, 0.3) is 0 Å². The van der Waals surface area contributed by atoms with Crippen LogP contribution in [0, 0.1) is 11.3 Å². The molecule has 0 amide bonds. The number of anilines is 1. The van der Waals surface area contributed by atoms with Crippen LogP contribution in [0.5, 0.6) is 0 Å².